The van der Waals surface area contributed by atoms with E-state index in [4.69, 9.17) is 11.6 Å². The van der Waals surface area contributed by atoms with Crippen LogP contribution in [0.2, 0.25) is 5.02 Å². The van der Waals surface area contributed by atoms with Crippen molar-refractivity contribution in [3.05, 3.63) is 34.9 Å². The smallest absolute Gasteiger partial charge is 0.234 e. The Hall–Kier alpha value is -1.10. The van der Waals surface area contributed by atoms with Gasteiger partial charge in [-0.05, 0) is 31.5 Å². The number of nitrogens with zero attached hydrogens (tertiary/aromatic N) is 1. The first-order chi connectivity index (χ1) is 9.56. The van der Waals surface area contributed by atoms with Gasteiger partial charge in [-0.3, -0.25) is 9.69 Å². The predicted octanol–water partition coefficient (Wildman–Crippen LogP) is 1.81. The molecule has 1 aromatic rings. The maximum Gasteiger partial charge on any atom is 0.234 e. The van der Waals surface area contributed by atoms with Crippen molar-refractivity contribution in [1.29, 1.82) is 0 Å². The lowest BCUT2D eigenvalue weighted by Crippen LogP contribution is -2.52. The van der Waals surface area contributed by atoms with Crippen molar-refractivity contribution in [2.24, 2.45) is 0 Å². The van der Waals surface area contributed by atoms with Gasteiger partial charge in [-0.15, -0.1) is 0 Å². The van der Waals surface area contributed by atoms with Crippen LogP contribution >= 0.6 is 11.6 Å². The first-order valence-electron chi connectivity index (χ1n) is 7.06. The number of hydrogen-bond donors (Lipinski definition) is 2. The van der Waals surface area contributed by atoms with Crippen molar-refractivity contribution in [3.8, 4) is 0 Å². The monoisotopic (exact) mass is 295 g/mol. The lowest BCUT2D eigenvalue weighted by molar-refractivity contribution is -0.123. The normalized spacial score (nSPS) is 21.4. The van der Waals surface area contributed by atoms with Crippen molar-refractivity contribution in [2.75, 3.05) is 26.2 Å². The van der Waals surface area contributed by atoms with Gasteiger partial charge in [-0.2, -0.15) is 0 Å². The van der Waals surface area contributed by atoms with Gasteiger partial charge in [0.2, 0.25) is 5.91 Å². The summed E-state index contributed by atoms with van der Waals surface area (Å²) in [5.74, 6) is 0.0706. The molecule has 2 rings (SSSR count). The number of carbonyl (C=O) groups excluding carboxylic acids is 1. The fourth-order valence-corrected chi connectivity index (χ4v) is 2.55. The van der Waals surface area contributed by atoms with E-state index < -0.39 is 0 Å². The molecule has 0 aromatic heterocycles. The van der Waals surface area contributed by atoms with Crippen LogP contribution in [0.1, 0.15) is 25.5 Å². The number of amides is 1. The molecule has 0 bridgehead atoms. The highest BCUT2D eigenvalue weighted by Gasteiger charge is 2.20. The van der Waals surface area contributed by atoms with Crippen LogP contribution in [-0.2, 0) is 4.79 Å². The van der Waals surface area contributed by atoms with Crippen molar-refractivity contribution in [1.82, 2.24) is 15.5 Å². The second-order valence-corrected chi connectivity index (χ2v) is 5.80. The molecule has 4 nitrogen and oxygen atoms in total. The van der Waals surface area contributed by atoms with Gasteiger partial charge >= 0.3 is 0 Å². The predicted molar refractivity (Wildman–Crippen MR) is 81.9 cm³/mol. The summed E-state index contributed by atoms with van der Waals surface area (Å²) < 4.78 is 0. The molecule has 0 spiro atoms. The molecule has 5 heteroatoms. The van der Waals surface area contributed by atoms with Crippen molar-refractivity contribution >= 4 is 17.5 Å². The minimum Gasteiger partial charge on any atom is -0.348 e. The summed E-state index contributed by atoms with van der Waals surface area (Å²) in [5, 5.41) is 7.07. The highest BCUT2D eigenvalue weighted by Crippen LogP contribution is 2.16. The Morgan fingerprint density at radius 3 is 2.85 bits per heavy atom. The SMILES string of the molecule is CC(NC(=O)CN1CCNC[C@H]1C)c1ccc(Cl)cc1. The summed E-state index contributed by atoms with van der Waals surface area (Å²) in [6, 6.07) is 7.98. The number of nitrogens with one attached hydrogen (secondary N) is 2. The van der Waals surface area contributed by atoms with E-state index in [0.717, 1.165) is 25.2 Å². The van der Waals surface area contributed by atoms with Gasteiger partial charge in [0.1, 0.15) is 0 Å². The molecule has 0 radical (unpaired) electrons. The molecule has 110 valence electrons. The molecule has 1 unspecified atom stereocenters. The Morgan fingerprint density at radius 2 is 2.20 bits per heavy atom. The molecule has 1 saturated heterocycles. The first-order valence-corrected chi connectivity index (χ1v) is 7.43. The molecule has 0 aliphatic carbocycles. The third kappa shape index (κ3) is 4.20. The van der Waals surface area contributed by atoms with Gasteiger partial charge in [0.05, 0.1) is 12.6 Å². The van der Waals surface area contributed by atoms with E-state index in [1.54, 1.807) is 0 Å². The number of carbonyl (C=O) groups is 1. The van der Waals surface area contributed by atoms with E-state index in [9.17, 15) is 4.79 Å². The summed E-state index contributed by atoms with van der Waals surface area (Å²) >= 11 is 5.87. The number of benzene rings is 1. The average molecular weight is 296 g/mol. The molecule has 1 aromatic carbocycles. The Labute approximate surface area is 125 Å². The van der Waals surface area contributed by atoms with Crippen molar-refractivity contribution < 1.29 is 4.79 Å². The molecule has 20 heavy (non-hydrogen) atoms. The van der Waals surface area contributed by atoms with Gasteiger partial charge in [0, 0.05) is 30.7 Å². The largest absolute Gasteiger partial charge is 0.348 e. The molecular weight excluding hydrogens is 274 g/mol. The summed E-state index contributed by atoms with van der Waals surface area (Å²) in [6.45, 7) is 7.40. The van der Waals surface area contributed by atoms with E-state index in [1.165, 1.54) is 0 Å². The van der Waals surface area contributed by atoms with E-state index in [-0.39, 0.29) is 11.9 Å². The Kier molecular flexibility index (Phi) is 5.40. The summed E-state index contributed by atoms with van der Waals surface area (Å²) in [5.41, 5.74) is 1.07. The molecule has 1 heterocycles. The van der Waals surface area contributed by atoms with E-state index in [0.29, 0.717) is 17.6 Å². The first kappa shape index (κ1) is 15.3. The zero-order valence-electron chi connectivity index (χ0n) is 12.0. The van der Waals surface area contributed by atoms with E-state index >= 15 is 0 Å². The Morgan fingerprint density at radius 1 is 1.50 bits per heavy atom. The second-order valence-electron chi connectivity index (χ2n) is 5.36. The maximum atomic E-state index is 12.1. The zero-order chi connectivity index (χ0) is 14.5. The molecule has 1 fully saturated rings. The molecule has 2 N–H and O–H groups in total. The van der Waals surface area contributed by atoms with E-state index in [2.05, 4.69) is 22.5 Å². The van der Waals surface area contributed by atoms with Crippen LogP contribution in [0.15, 0.2) is 24.3 Å². The van der Waals surface area contributed by atoms with Crippen LogP contribution < -0.4 is 10.6 Å². The number of piperazine rings is 1. The van der Waals surface area contributed by atoms with Crippen LogP contribution in [0.4, 0.5) is 0 Å². The Balaban J connectivity index is 1.85. The topological polar surface area (TPSA) is 44.4 Å². The summed E-state index contributed by atoms with van der Waals surface area (Å²) in [6.07, 6.45) is 0. The lowest BCUT2D eigenvalue weighted by Gasteiger charge is -2.33. The van der Waals surface area contributed by atoms with Gasteiger partial charge in [-0.25, -0.2) is 0 Å². The summed E-state index contributed by atoms with van der Waals surface area (Å²) in [4.78, 5) is 14.3. The highest BCUT2D eigenvalue weighted by atomic mass is 35.5. The molecule has 2 atom stereocenters. The lowest BCUT2D eigenvalue weighted by atomic mass is 10.1. The molecular formula is C15H22ClN3O. The van der Waals surface area contributed by atoms with Crippen molar-refractivity contribution in [2.45, 2.75) is 25.9 Å². The quantitative estimate of drug-likeness (QED) is 0.890. The fraction of sp³-hybridized carbons (Fsp3) is 0.533. The van der Waals surface area contributed by atoms with Crippen LogP contribution in [-0.4, -0.2) is 43.0 Å². The summed E-state index contributed by atoms with van der Waals surface area (Å²) in [7, 11) is 0. The third-order valence-corrected chi connectivity index (χ3v) is 3.99. The third-order valence-electron chi connectivity index (χ3n) is 3.73. The molecule has 1 aliphatic heterocycles. The average Bonchev–Trinajstić information content (AvgIpc) is 2.42. The number of rotatable bonds is 4. The standard InChI is InChI=1S/C15H22ClN3O/c1-11-9-17-7-8-19(11)10-15(20)18-12(2)13-3-5-14(16)6-4-13/h3-6,11-12,17H,7-10H2,1-2H3,(H,18,20)/t11-,12?/m1/s1. The minimum absolute atomic E-state index is 0.00186. The number of hydrogen-bond acceptors (Lipinski definition) is 3. The van der Waals surface area contributed by atoms with Crippen LogP contribution in [0.3, 0.4) is 0 Å². The highest BCUT2D eigenvalue weighted by molar-refractivity contribution is 6.30. The van der Waals surface area contributed by atoms with Crippen LogP contribution in [0.25, 0.3) is 0 Å². The fourth-order valence-electron chi connectivity index (χ4n) is 2.42. The Bertz CT molecular complexity index is 449. The molecule has 0 saturated carbocycles. The van der Waals surface area contributed by atoms with Crippen LogP contribution in [0, 0.1) is 0 Å². The van der Waals surface area contributed by atoms with Crippen molar-refractivity contribution in [3.63, 3.8) is 0 Å². The van der Waals surface area contributed by atoms with Gasteiger partial charge in [-0.1, -0.05) is 23.7 Å². The van der Waals surface area contributed by atoms with Crippen LogP contribution in [0.5, 0.6) is 0 Å². The van der Waals surface area contributed by atoms with Gasteiger partial charge < -0.3 is 10.6 Å². The zero-order valence-corrected chi connectivity index (χ0v) is 12.8. The minimum atomic E-state index is -0.00186. The maximum absolute atomic E-state index is 12.1. The molecule has 1 aliphatic rings. The van der Waals surface area contributed by atoms with E-state index in [1.807, 2.05) is 31.2 Å². The van der Waals surface area contributed by atoms with Gasteiger partial charge in [0.25, 0.3) is 0 Å². The molecule has 1 amide bonds. The second kappa shape index (κ2) is 7.07. The number of halogens is 1. The van der Waals surface area contributed by atoms with Gasteiger partial charge in [0.15, 0.2) is 0 Å².